The monoisotopic (exact) mass is 160 g/mol. The van der Waals surface area contributed by atoms with E-state index >= 15 is 0 Å². The molecule has 1 unspecified atom stereocenters. The maximum atomic E-state index is 9.53. The van der Waals surface area contributed by atoms with E-state index in [-0.39, 0.29) is 12.7 Å². The third kappa shape index (κ3) is 4.38. The van der Waals surface area contributed by atoms with Crippen molar-refractivity contribution in [2.75, 3.05) is 6.61 Å². The van der Waals surface area contributed by atoms with Crippen molar-refractivity contribution < 1.29 is 10.2 Å². The SMILES string of the molecule is CCC(CC)C(O)CCCO. The molecule has 0 amide bonds. The van der Waals surface area contributed by atoms with Gasteiger partial charge in [-0.05, 0) is 18.8 Å². The third-order valence-electron chi connectivity index (χ3n) is 2.25. The topological polar surface area (TPSA) is 40.5 Å². The van der Waals surface area contributed by atoms with E-state index in [4.69, 9.17) is 5.11 Å². The minimum atomic E-state index is -0.211. The van der Waals surface area contributed by atoms with Crippen LogP contribution in [0, 0.1) is 5.92 Å². The largest absolute Gasteiger partial charge is 0.396 e. The van der Waals surface area contributed by atoms with Crippen LogP contribution in [-0.4, -0.2) is 22.9 Å². The fraction of sp³-hybridized carbons (Fsp3) is 1.00. The lowest BCUT2D eigenvalue weighted by molar-refractivity contribution is 0.0860. The molecule has 0 fully saturated rings. The third-order valence-corrected chi connectivity index (χ3v) is 2.25. The number of rotatable bonds is 6. The molecule has 0 heterocycles. The van der Waals surface area contributed by atoms with Crippen LogP contribution in [0.5, 0.6) is 0 Å². The van der Waals surface area contributed by atoms with E-state index < -0.39 is 0 Å². The Morgan fingerprint density at radius 1 is 1.18 bits per heavy atom. The summed E-state index contributed by atoms with van der Waals surface area (Å²) in [6.45, 7) is 4.38. The molecular weight excluding hydrogens is 140 g/mol. The van der Waals surface area contributed by atoms with E-state index in [2.05, 4.69) is 13.8 Å². The van der Waals surface area contributed by atoms with Crippen LogP contribution in [0.4, 0.5) is 0 Å². The zero-order chi connectivity index (χ0) is 8.69. The van der Waals surface area contributed by atoms with Gasteiger partial charge in [-0.3, -0.25) is 0 Å². The average Bonchev–Trinajstić information content (AvgIpc) is 2.03. The maximum absolute atomic E-state index is 9.53. The molecule has 0 rings (SSSR count). The standard InChI is InChI=1S/C9H20O2/c1-3-8(4-2)9(11)6-5-7-10/h8-11H,3-7H2,1-2H3. The Bertz CT molecular complexity index is 79.6. The van der Waals surface area contributed by atoms with Crippen LogP contribution >= 0.6 is 0 Å². The van der Waals surface area contributed by atoms with Gasteiger partial charge in [-0.1, -0.05) is 26.7 Å². The second-order valence-electron chi connectivity index (χ2n) is 3.01. The van der Waals surface area contributed by atoms with Crippen molar-refractivity contribution in [3.05, 3.63) is 0 Å². The van der Waals surface area contributed by atoms with Crippen LogP contribution in [0.25, 0.3) is 0 Å². The van der Waals surface area contributed by atoms with Gasteiger partial charge in [-0.2, -0.15) is 0 Å². The zero-order valence-corrected chi connectivity index (χ0v) is 7.58. The minimum absolute atomic E-state index is 0.192. The average molecular weight is 160 g/mol. The van der Waals surface area contributed by atoms with E-state index in [1.807, 2.05) is 0 Å². The van der Waals surface area contributed by atoms with E-state index in [9.17, 15) is 5.11 Å². The van der Waals surface area contributed by atoms with Gasteiger partial charge < -0.3 is 10.2 Å². The van der Waals surface area contributed by atoms with E-state index in [1.54, 1.807) is 0 Å². The normalized spacial score (nSPS) is 13.9. The lowest BCUT2D eigenvalue weighted by atomic mass is 9.94. The predicted molar refractivity (Wildman–Crippen MR) is 46.4 cm³/mol. The van der Waals surface area contributed by atoms with E-state index in [1.165, 1.54) is 0 Å². The molecule has 1 atom stereocenters. The Morgan fingerprint density at radius 2 is 1.73 bits per heavy atom. The first-order chi connectivity index (χ1) is 5.26. The van der Waals surface area contributed by atoms with Crippen molar-refractivity contribution in [1.29, 1.82) is 0 Å². The molecule has 0 aliphatic carbocycles. The number of hydrogen-bond acceptors (Lipinski definition) is 2. The molecule has 0 bridgehead atoms. The molecule has 2 heteroatoms. The van der Waals surface area contributed by atoms with E-state index in [0.29, 0.717) is 5.92 Å². The second kappa shape index (κ2) is 6.62. The molecule has 68 valence electrons. The Morgan fingerprint density at radius 3 is 2.09 bits per heavy atom. The molecule has 2 N–H and O–H groups in total. The van der Waals surface area contributed by atoms with Gasteiger partial charge in [0.25, 0.3) is 0 Å². The zero-order valence-electron chi connectivity index (χ0n) is 7.58. The summed E-state index contributed by atoms with van der Waals surface area (Å²) in [5, 5.41) is 18.1. The Balaban J connectivity index is 3.51. The summed E-state index contributed by atoms with van der Waals surface area (Å²) in [5.74, 6) is 0.418. The fourth-order valence-corrected chi connectivity index (χ4v) is 1.37. The molecule has 0 aromatic heterocycles. The minimum Gasteiger partial charge on any atom is -0.396 e. The quantitative estimate of drug-likeness (QED) is 0.619. The van der Waals surface area contributed by atoms with Crippen LogP contribution in [0.2, 0.25) is 0 Å². The smallest absolute Gasteiger partial charge is 0.0569 e. The molecule has 0 aromatic carbocycles. The summed E-state index contributed by atoms with van der Waals surface area (Å²) in [7, 11) is 0. The highest BCUT2D eigenvalue weighted by Gasteiger charge is 2.13. The number of aliphatic hydroxyl groups is 2. The maximum Gasteiger partial charge on any atom is 0.0569 e. The lowest BCUT2D eigenvalue weighted by Crippen LogP contribution is -2.19. The van der Waals surface area contributed by atoms with Gasteiger partial charge in [-0.25, -0.2) is 0 Å². The molecule has 0 aromatic rings. The van der Waals surface area contributed by atoms with Crippen LogP contribution < -0.4 is 0 Å². The molecule has 0 saturated carbocycles. The summed E-state index contributed by atoms with van der Waals surface area (Å²) < 4.78 is 0. The molecule has 2 nitrogen and oxygen atoms in total. The van der Waals surface area contributed by atoms with Crippen molar-refractivity contribution in [3.63, 3.8) is 0 Å². The van der Waals surface area contributed by atoms with Gasteiger partial charge in [0.2, 0.25) is 0 Å². The van der Waals surface area contributed by atoms with Gasteiger partial charge >= 0.3 is 0 Å². The Hall–Kier alpha value is -0.0800. The summed E-state index contributed by atoms with van der Waals surface area (Å²) in [6.07, 6.45) is 3.31. The van der Waals surface area contributed by atoms with Crippen LogP contribution in [-0.2, 0) is 0 Å². The van der Waals surface area contributed by atoms with Crippen LogP contribution in [0.15, 0.2) is 0 Å². The Labute approximate surface area is 69.2 Å². The summed E-state index contributed by atoms with van der Waals surface area (Å²) in [6, 6.07) is 0. The first kappa shape index (κ1) is 10.9. The molecule has 0 aliphatic rings. The van der Waals surface area contributed by atoms with Crippen LogP contribution in [0.3, 0.4) is 0 Å². The highest BCUT2D eigenvalue weighted by Crippen LogP contribution is 2.16. The van der Waals surface area contributed by atoms with Crippen molar-refractivity contribution in [2.24, 2.45) is 5.92 Å². The van der Waals surface area contributed by atoms with Gasteiger partial charge in [0.05, 0.1) is 6.10 Å². The lowest BCUT2D eigenvalue weighted by Gasteiger charge is -2.19. The van der Waals surface area contributed by atoms with Gasteiger partial charge in [0.15, 0.2) is 0 Å². The Kier molecular flexibility index (Phi) is 6.57. The molecular formula is C9H20O2. The first-order valence-electron chi connectivity index (χ1n) is 4.55. The molecule has 11 heavy (non-hydrogen) atoms. The number of aliphatic hydroxyl groups excluding tert-OH is 2. The highest BCUT2D eigenvalue weighted by atomic mass is 16.3. The first-order valence-corrected chi connectivity index (χ1v) is 4.55. The van der Waals surface area contributed by atoms with Crippen molar-refractivity contribution in [3.8, 4) is 0 Å². The second-order valence-corrected chi connectivity index (χ2v) is 3.01. The fourth-order valence-electron chi connectivity index (χ4n) is 1.37. The van der Waals surface area contributed by atoms with Crippen molar-refractivity contribution >= 4 is 0 Å². The van der Waals surface area contributed by atoms with Gasteiger partial charge in [0.1, 0.15) is 0 Å². The van der Waals surface area contributed by atoms with Gasteiger partial charge in [0, 0.05) is 6.61 Å². The van der Waals surface area contributed by atoms with E-state index in [0.717, 1.165) is 25.7 Å². The molecule has 0 saturated heterocycles. The summed E-state index contributed by atoms with van der Waals surface area (Å²) >= 11 is 0. The van der Waals surface area contributed by atoms with Crippen LogP contribution in [0.1, 0.15) is 39.5 Å². The molecule has 0 spiro atoms. The predicted octanol–water partition coefficient (Wildman–Crippen LogP) is 1.56. The van der Waals surface area contributed by atoms with Crippen molar-refractivity contribution in [2.45, 2.75) is 45.6 Å². The summed E-state index contributed by atoms with van der Waals surface area (Å²) in [5.41, 5.74) is 0. The van der Waals surface area contributed by atoms with Crippen molar-refractivity contribution in [1.82, 2.24) is 0 Å². The molecule has 0 aliphatic heterocycles. The summed E-state index contributed by atoms with van der Waals surface area (Å²) in [4.78, 5) is 0. The number of hydrogen-bond donors (Lipinski definition) is 2. The molecule has 0 radical (unpaired) electrons. The van der Waals surface area contributed by atoms with Gasteiger partial charge in [-0.15, -0.1) is 0 Å². The highest BCUT2D eigenvalue weighted by molar-refractivity contribution is 4.65.